The molecule has 8 heteroatoms. The van der Waals surface area contributed by atoms with Crippen LogP contribution < -0.4 is 0 Å². The van der Waals surface area contributed by atoms with Gasteiger partial charge in [-0.05, 0) is 12.8 Å². The number of aliphatic hydroxyl groups is 5. The number of unbranched alkanes of at least 4 members (excludes halogenated alkanes) is 23. The first-order valence-corrected chi connectivity index (χ1v) is 18.4. The average Bonchev–Trinajstić information content (AvgIpc) is 3.02. The van der Waals surface area contributed by atoms with Crippen LogP contribution in [-0.4, -0.2) is 68.0 Å². The standard InChI is InChI=1S/C36H70O8/c1-3-5-7-9-11-13-14-15-16-17-18-19-21-22-24-26-28-30(37)32(39)33(40)34(41)35(42)36(43)44-31(38)29-27-25-23-20-12-10-8-6-4-2/h30,32-34,36-37,39-41,43H,3-29H2,1-2H3/t30?,32-,33-,34+,36?/m1/s1. The van der Waals surface area contributed by atoms with Crippen LogP contribution in [0.5, 0.6) is 0 Å². The van der Waals surface area contributed by atoms with E-state index in [-0.39, 0.29) is 12.8 Å². The zero-order chi connectivity index (χ0) is 32.8. The smallest absolute Gasteiger partial charge is 0.308 e. The SMILES string of the molecule is CCCCCCCCCCCCCCCCCCC(O)[C@@H](O)[C@@H](O)[C@H](O)C(=O)C(O)OC(=O)CCCCCCCCCCC. The van der Waals surface area contributed by atoms with Crippen LogP contribution in [0.25, 0.3) is 0 Å². The van der Waals surface area contributed by atoms with Gasteiger partial charge in [-0.2, -0.15) is 0 Å². The highest BCUT2D eigenvalue weighted by Crippen LogP contribution is 2.17. The molecule has 0 radical (unpaired) electrons. The lowest BCUT2D eigenvalue weighted by atomic mass is 9.96. The van der Waals surface area contributed by atoms with E-state index in [1.165, 1.54) is 109 Å². The summed E-state index contributed by atoms with van der Waals surface area (Å²) < 4.78 is 4.71. The molecule has 2 unspecified atom stereocenters. The third-order valence-electron chi connectivity index (χ3n) is 8.68. The molecular formula is C36H70O8. The molecule has 0 aliphatic heterocycles. The van der Waals surface area contributed by atoms with Crippen LogP contribution in [0, 0.1) is 0 Å². The van der Waals surface area contributed by atoms with E-state index in [4.69, 9.17) is 4.74 Å². The van der Waals surface area contributed by atoms with Crippen molar-refractivity contribution in [2.24, 2.45) is 0 Å². The van der Waals surface area contributed by atoms with E-state index < -0.39 is 42.5 Å². The molecule has 5 N–H and O–H groups in total. The summed E-state index contributed by atoms with van der Waals surface area (Å²) in [4.78, 5) is 24.2. The second kappa shape index (κ2) is 30.6. The van der Waals surface area contributed by atoms with Gasteiger partial charge >= 0.3 is 5.97 Å². The van der Waals surface area contributed by atoms with Crippen molar-refractivity contribution in [3.8, 4) is 0 Å². The highest BCUT2D eigenvalue weighted by atomic mass is 16.6. The summed E-state index contributed by atoms with van der Waals surface area (Å²) >= 11 is 0. The first-order valence-electron chi connectivity index (χ1n) is 18.4. The van der Waals surface area contributed by atoms with Crippen molar-refractivity contribution in [3.63, 3.8) is 0 Å². The molecule has 44 heavy (non-hydrogen) atoms. The zero-order valence-corrected chi connectivity index (χ0v) is 28.4. The Labute approximate surface area is 269 Å². The van der Waals surface area contributed by atoms with Crippen LogP contribution in [0.2, 0.25) is 0 Å². The van der Waals surface area contributed by atoms with E-state index >= 15 is 0 Å². The van der Waals surface area contributed by atoms with E-state index in [0.29, 0.717) is 12.8 Å². The highest BCUT2D eigenvalue weighted by molar-refractivity contribution is 5.88. The monoisotopic (exact) mass is 631 g/mol. The minimum absolute atomic E-state index is 0.0411. The predicted octanol–water partition coefficient (Wildman–Crippen LogP) is 7.43. The van der Waals surface area contributed by atoms with Gasteiger partial charge in [-0.15, -0.1) is 0 Å². The lowest BCUT2D eigenvalue weighted by Crippen LogP contribution is -2.50. The summed E-state index contributed by atoms with van der Waals surface area (Å²) in [5.74, 6) is -2.09. The van der Waals surface area contributed by atoms with Crippen LogP contribution in [0.1, 0.15) is 187 Å². The van der Waals surface area contributed by atoms with E-state index in [9.17, 15) is 35.1 Å². The fraction of sp³-hybridized carbons (Fsp3) is 0.944. The van der Waals surface area contributed by atoms with Gasteiger partial charge in [0.05, 0.1) is 6.10 Å². The molecule has 5 atom stereocenters. The molecule has 0 aromatic carbocycles. The highest BCUT2D eigenvalue weighted by Gasteiger charge is 2.38. The molecular weight excluding hydrogens is 560 g/mol. The first kappa shape index (κ1) is 42.9. The van der Waals surface area contributed by atoms with Crippen molar-refractivity contribution in [2.45, 2.75) is 218 Å². The Hall–Kier alpha value is -1.06. The van der Waals surface area contributed by atoms with Gasteiger partial charge in [-0.3, -0.25) is 9.59 Å². The Kier molecular flexibility index (Phi) is 29.8. The Bertz CT molecular complexity index is 658. The van der Waals surface area contributed by atoms with Crippen LogP contribution in [0.4, 0.5) is 0 Å². The third kappa shape index (κ3) is 24.2. The second-order valence-electron chi connectivity index (χ2n) is 12.9. The maximum Gasteiger partial charge on any atom is 0.308 e. The van der Waals surface area contributed by atoms with Gasteiger partial charge < -0.3 is 30.3 Å². The number of ether oxygens (including phenoxy) is 1. The molecule has 0 aromatic heterocycles. The van der Waals surface area contributed by atoms with Crippen molar-refractivity contribution in [1.29, 1.82) is 0 Å². The summed E-state index contributed by atoms with van der Waals surface area (Å²) in [7, 11) is 0. The molecule has 0 amide bonds. The van der Waals surface area contributed by atoms with Crippen LogP contribution in [0.15, 0.2) is 0 Å². The van der Waals surface area contributed by atoms with Crippen molar-refractivity contribution < 1.29 is 39.9 Å². The number of hydrogen-bond donors (Lipinski definition) is 5. The molecule has 0 saturated heterocycles. The fourth-order valence-corrected chi connectivity index (χ4v) is 5.62. The molecule has 0 heterocycles. The van der Waals surface area contributed by atoms with E-state index in [2.05, 4.69) is 13.8 Å². The van der Waals surface area contributed by atoms with Gasteiger partial charge in [0, 0.05) is 6.42 Å². The summed E-state index contributed by atoms with van der Waals surface area (Å²) in [6.07, 6.45) is 20.0. The van der Waals surface area contributed by atoms with Crippen molar-refractivity contribution >= 4 is 11.8 Å². The Morgan fingerprint density at radius 1 is 0.477 bits per heavy atom. The van der Waals surface area contributed by atoms with Gasteiger partial charge in [-0.25, -0.2) is 0 Å². The van der Waals surface area contributed by atoms with Gasteiger partial charge in [0.1, 0.15) is 18.3 Å². The van der Waals surface area contributed by atoms with Crippen LogP contribution >= 0.6 is 0 Å². The quantitative estimate of drug-likeness (QED) is 0.0286. The summed E-state index contributed by atoms with van der Waals surface area (Å²) in [6.45, 7) is 4.43. The number of ketones is 1. The Morgan fingerprint density at radius 2 is 0.818 bits per heavy atom. The Morgan fingerprint density at radius 3 is 1.20 bits per heavy atom. The minimum atomic E-state index is -2.24. The maximum atomic E-state index is 12.3. The number of carbonyl (C=O) groups excluding carboxylic acids is 2. The van der Waals surface area contributed by atoms with E-state index in [1.54, 1.807) is 0 Å². The van der Waals surface area contributed by atoms with Crippen molar-refractivity contribution in [1.82, 2.24) is 0 Å². The number of aliphatic hydroxyl groups excluding tert-OH is 5. The lowest BCUT2D eigenvalue weighted by Gasteiger charge is -2.26. The van der Waals surface area contributed by atoms with E-state index in [0.717, 1.165) is 38.5 Å². The predicted molar refractivity (Wildman–Crippen MR) is 177 cm³/mol. The molecule has 0 bridgehead atoms. The summed E-state index contributed by atoms with van der Waals surface area (Å²) in [5, 5.41) is 50.7. The average molecular weight is 631 g/mol. The summed E-state index contributed by atoms with van der Waals surface area (Å²) in [6, 6.07) is 0. The number of hydrogen-bond acceptors (Lipinski definition) is 8. The molecule has 262 valence electrons. The number of Topliss-reactive ketones (excluding diaryl/α,β-unsaturated/α-hetero) is 1. The topological polar surface area (TPSA) is 145 Å². The number of rotatable bonds is 33. The second-order valence-corrected chi connectivity index (χ2v) is 12.9. The third-order valence-corrected chi connectivity index (χ3v) is 8.68. The molecule has 0 aliphatic carbocycles. The summed E-state index contributed by atoms with van der Waals surface area (Å²) in [5.41, 5.74) is 0. The number of esters is 1. The maximum absolute atomic E-state index is 12.3. The van der Waals surface area contributed by atoms with E-state index in [1.807, 2.05) is 0 Å². The van der Waals surface area contributed by atoms with Gasteiger partial charge in [-0.1, -0.05) is 168 Å². The molecule has 0 spiro atoms. The van der Waals surface area contributed by atoms with Crippen LogP contribution in [-0.2, 0) is 14.3 Å². The van der Waals surface area contributed by atoms with Crippen molar-refractivity contribution in [3.05, 3.63) is 0 Å². The molecule has 0 aliphatic rings. The zero-order valence-electron chi connectivity index (χ0n) is 28.4. The normalized spacial score (nSPS) is 15.1. The number of carbonyl (C=O) groups is 2. The van der Waals surface area contributed by atoms with Gasteiger partial charge in [0.2, 0.25) is 5.78 Å². The molecule has 0 fully saturated rings. The van der Waals surface area contributed by atoms with Crippen LogP contribution in [0.3, 0.4) is 0 Å². The minimum Gasteiger partial charge on any atom is -0.428 e. The Balaban J connectivity index is 3.90. The van der Waals surface area contributed by atoms with Gasteiger partial charge in [0.25, 0.3) is 6.29 Å². The first-order chi connectivity index (χ1) is 21.3. The van der Waals surface area contributed by atoms with Crippen molar-refractivity contribution in [2.75, 3.05) is 0 Å². The fourth-order valence-electron chi connectivity index (χ4n) is 5.62. The lowest BCUT2D eigenvalue weighted by molar-refractivity contribution is -0.186. The molecule has 8 nitrogen and oxygen atoms in total. The largest absolute Gasteiger partial charge is 0.428 e. The molecule has 0 saturated carbocycles. The van der Waals surface area contributed by atoms with Gasteiger partial charge in [0.15, 0.2) is 0 Å². The molecule has 0 rings (SSSR count). The molecule has 0 aromatic rings.